The smallest absolute Gasteiger partial charge is 0.255 e. The Morgan fingerprint density at radius 3 is 2.73 bits per heavy atom. The summed E-state index contributed by atoms with van der Waals surface area (Å²) >= 11 is 5.94. The van der Waals surface area contributed by atoms with Gasteiger partial charge in [-0.2, -0.15) is 0 Å². The molecule has 0 aliphatic carbocycles. The molecule has 2 amide bonds. The van der Waals surface area contributed by atoms with Gasteiger partial charge in [0.15, 0.2) is 0 Å². The van der Waals surface area contributed by atoms with Gasteiger partial charge in [0.25, 0.3) is 5.91 Å². The standard InChI is InChI=1S/C16H16ClN3O2/c1-10-3-4-13(17)8-15(10)20-16(22)12-5-6-18-14(7-12)9-19-11(2)21/h3-8H,9H2,1-2H3,(H,19,21)(H,20,22). The normalized spacial score (nSPS) is 10.1. The second kappa shape index (κ2) is 7.04. The van der Waals surface area contributed by atoms with E-state index in [0.717, 1.165) is 5.56 Å². The van der Waals surface area contributed by atoms with Crippen molar-refractivity contribution in [2.75, 3.05) is 5.32 Å². The maximum Gasteiger partial charge on any atom is 0.255 e. The molecule has 0 fully saturated rings. The van der Waals surface area contributed by atoms with E-state index in [4.69, 9.17) is 11.6 Å². The molecular weight excluding hydrogens is 302 g/mol. The second-order valence-corrected chi connectivity index (χ2v) is 5.30. The van der Waals surface area contributed by atoms with Gasteiger partial charge in [-0.25, -0.2) is 0 Å². The van der Waals surface area contributed by atoms with Gasteiger partial charge in [-0.05, 0) is 36.8 Å². The lowest BCUT2D eigenvalue weighted by Crippen LogP contribution is -2.20. The van der Waals surface area contributed by atoms with Gasteiger partial charge in [-0.3, -0.25) is 14.6 Å². The van der Waals surface area contributed by atoms with Crippen molar-refractivity contribution in [2.45, 2.75) is 20.4 Å². The Bertz CT molecular complexity index is 716. The van der Waals surface area contributed by atoms with Gasteiger partial charge < -0.3 is 10.6 Å². The molecule has 2 rings (SSSR count). The van der Waals surface area contributed by atoms with E-state index in [0.29, 0.717) is 22.0 Å². The summed E-state index contributed by atoms with van der Waals surface area (Å²) in [7, 11) is 0. The average Bonchev–Trinajstić information content (AvgIpc) is 2.49. The molecule has 0 radical (unpaired) electrons. The summed E-state index contributed by atoms with van der Waals surface area (Å²) in [5.74, 6) is -0.400. The summed E-state index contributed by atoms with van der Waals surface area (Å²) in [5, 5.41) is 6.02. The first kappa shape index (κ1) is 16.0. The molecule has 0 unspecified atom stereocenters. The summed E-state index contributed by atoms with van der Waals surface area (Å²) in [4.78, 5) is 27.3. The zero-order valence-corrected chi connectivity index (χ0v) is 13.1. The molecule has 114 valence electrons. The van der Waals surface area contributed by atoms with E-state index in [-0.39, 0.29) is 18.4 Å². The van der Waals surface area contributed by atoms with E-state index in [9.17, 15) is 9.59 Å². The first-order chi connectivity index (χ1) is 10.5. The number of carbonyl (C=O) groups excluding carboxylic acids is 2. The van der Waals surface area contributed by atoms with Gasteiger partial charge in [0.05, 0.1) is 12.2 Å². The number of aromatic nitrogens is 1. The first-order valence-corrected chi connectivity index (χ1v) is 7.10. The molecular formula is C16H16ClN3O2. The first-order valence-electron chi connectivity index (χ1n) is 6.72. The van der Waals surface area contributed by atoms with Crippen LogP contribution in [0.15, 0.2) is 36.5 Å². The van der Waals surface area contributed by atoms with Gasteiger partial charge in [-0.1, -0.05) is 17.7 Å². The molecule has 0 saturated heterocycles. The van der Waals surface area contributed by atoms with Crippen molar-refractivity contribution < 1.29 is 9.59 Å². The summed E-state index contributed by atoms with van der Waals surface area (Å²) in [5.41, 5.74) is 2.67. The van der Waals surface area contributed by atoms with Crippen LogP contribution in [0.2, 0.25) is 5.02 Å². The predicted molar refractivity (Wildman–Crippen MR) is 85.9 cm³/mol. The van der Waals surface area contributed by atoms with Gasteiger partial charge >= 0.3 is 0 Å². The summed E-state index contributed by atoms with van der Waals surface area (Å²) in [6.45, 7) is 3.60. The molecule has 5 nitrogen and oxygen atoms in total. The molecule has 22 heavy (non-hydrogen) atoms. The van der Waals surface area contributed by atoms with Crippen molar-refractivity contribution in [1.29, 1.82) is 0 Å². The van der Waals surface area contributed by atoms with Crippen LogP contribution < -0.4 is 10.6 Å². The van der Waals surface area contributed by atoms with Gasteiger partial charge in [0.2, 0.25) is 5.91 Å². The quantitative estimate of drug-likeness (QED) is 0.910. The molecule has 1 heterocycles. The number of nitrogens with zero attached hydrogens (tertiary/aromatic N) is 1. The van der Waals surface area contributed by atoms with Crippen molar-refractivity contribution in [3.63, 3.8) is 0 Å². The third-order valence-electron chi connectivity index (χ3n) is 3.05. The van der Waals surface area contributed by atoms with Gasteiger partial charge in [-0.15, -0.1) is 0 Å². The fraction of sp³-hybridized carbons (Fsp3) is 0.188. The number of hydrogen-bond donors (Lipinski definition) is 2. The van der Waals surface area contributed by atoms with Crippen LogP contribution in [0.3, 0.4) is 0 Å². The Morgan fingerprint density at radius 2 is 2.00 bits per heavy atom. The lowest BCUT2D eigenvalue weighted by atomic mass is 10.1. The summed E-state index contributed by atoms with van der Waals surface area (Å²) in [6.07, 6.45) is 1.54. The highest BCUT2D eigenvalue weighted by Gasteiger charge is 2.09. The van der Waals surface area contributed by atoms with Crippen LogP contribution in [0.1, 0.15) is 28.5 Å². The number of amides is 2. The second-order valence-electron chi connectivity index (χ2n) is 4.86. The number of benzene rings is 1. The third kappa shape index (κ3) is 4.30. The maximum absolute atomic E-state index is 12.3. The van der Waals surface area contributed by atoms with E-state index in [2.05, 4.69) is 15.6 Å². The Kier molecular flexibility index (Phi) is 5.12. The van der Waals surface area contributed by atoms with E-state index < -0.39 is 0 Å². The van der Waals surface area contributed by atoms with E-state index in [1.807, 2.05) is 13.0 Å². The Hall–Kier alpha value is -2.40. The number of hydrogen-bond acceptors (Lipinski definition) is 3. The van der Waals surface area contributed by atoms with Crippen molar-refractivity contribution in [2.24, 2.45) is 0 Å². The van der Waals surface area contributed by atoms with E-state index in [1.54, 1.807) is 24.3 Å². The molecule has 6 heteroatoms. The average molecular weight is 318 g/mol. The molecule has 0 aliphatic rings. The van der Waals surface area contributed by atoms with E-state index >= 15 is 0 Å². The zero-order valence-electron chi connectivity index (χ0n) is 12.3. The monoisotopic (exact) mass is 317 g/mol. The Morgan fingerprint density at radius 1 is 1.23 bits per heavy atom. The molecule has 0 saturated carbocycles. The third-order valence-corrected chi connectivity index (χ3v) is 3.28. The molecule has 0 bridgehead atoms. The fourth-order valence-electron chi connectivity index (χ4n) is 1.85. The minimum absolute atomic E-state index is 0.147. The van der Waals surface area contributed by atoms with Crippen LogP contribution >= 0.6 is 11.6 Å². The molecule has 0 aliphatic heterocycles. The largest absolute Gasteiger partial charge is 0.351 e. The number of halogens is 1. The highest BCUT2D eigenvalue weighted by Crippen LogP contribution is 2.20. The number of anilines is 1. The van der Waals surface area contributed by atoms with Crippen molar-refractivity contribution in [3.05, 3.63) is 58.4 Å². The van der Waals surface area contributed by atoms with Crippen molar-refractivity contribution in [3.8, 4) is 0 Å². The number of nitrogens with one attached hydrogen (secondary N) is 2. The number of pyridine rings is 1. The van der Waals surface area contributed by atoms with Crippen LogP contribution in [0.25, 0.3) is 0 Å². The molecule has 2 aromatic rings. The van der Waals surface area contributed by atoms with Crippen LogP contribution in [0.4, 0.5) is 5.69 Å². The molecule has 0 spiro atoms. The van der Waals surface area contributed by atoms with Crippen molar-refractivity contribution >= 4 is 29.1 Å². The van der Waals surface area contributed by atoms with Crippen LogP contribution in [-0.2, 0) is 11.3 Å². The number of aryl methyl sites for hydroxylation is 1. The molecule has 0 atom stereocenters. The SMILES string of the molecule is CC(=O)NCc1cc(C(=O)Nc2cc(Cl)ccc2C)ccn1. The number of carbonyl (C=O) groups is 2. The van der Waals surface area contributed by atoms with Crippen molar-refractivity contribution in [1.82, 2.24) is 10.3 Å². The van der Waals surface area contributed by atoms with Gasteiger partial charge in [0, 0.05) is 29.4 Å². The summed E-state index contributed by atoms with van der Waals surface area (Å²) in [6, 6.07) is 8.57. The number of rotatable bonds is 4. The molecule has 1 aromatic heterocycles. The minimum Gasteiger partial charge on any atom is -0.351 e. The van der Waals surface area contributed by atoms with Gasteiger partial charge in [0.1, 0.15) is 0 Å². The van der Waals surface area contributed by atoms with Crippen LogP contribution in [-0.4, -0.2) is 16.8 Å². The topological polar surface area (TPSA) is 71.1 Å². The molecule has 2 N–H and O–H groups in total. The highest BCUT2D eigenvalue weighted by molar-refractivity contribution is 6.31. The van der Waals surface area contributed by atoms with Crippen LogP contribution in [0.5, 0.6) is 0 Å². The minimum atomic E-state index is -0.253. The predicted octanol–water partition coefficient (Wildman–Crippen LogP) is 2.93. The maximum atomic E-state index is 12.3. The lowest BCUT2D eigenvalue weighted by molar-refractivity contribution is -0.119. The van der Waals surface area contributed by atoms with Crippen LogP contribution in [0, 0.1) is 6.92 Å². The van der Waals surface area contributed by atoms with E-state index in [1.165, 1.54) is 13.1 Å². The Labute approximate surface area is 133 Å². The fourth-order valence-corrected chi connectivity index (χ4v) is 2.03. The zero-order chi connectivity index (χ0) is 16.1. The molecule has 1 aromatic carbocycles. The highest BCUT2D eigenvalue weighted by atomic mass is 35.5. The lowest BCUT2D eigenvalue weighted by Gasteiger charge is -2.09. The summed E-state index contributed by atoms with van der Waals surface area (Å²) < 4.78 is 0. The Balaban J connectivity index is 2.14.